The van der Waals surface area contributed by atoms with Gasteiger partial charge in [-0.3, -0.25) is 4.79 Å². The van der Waals surface area contributed by atoms with Gasteiger partial charge >= 0.3 is 0 Å². The highest BCUT2D eigenvalue weighted by molar-refractivity contribution is 5.78. The standard InChI is InChI=1S/C11H20N2O/c1-11(2,3)13-7-9-5-4-8(12-9)6-10(13)14/h8-9,12H,4-7H2,1-3H3/t8-,9+/m0/s1. The lowest BCUT2D eigenvalue weighted by Gasteiger charge is -2.36. The first kappa shape index (κ1) is 9.97. The fraction of sp³-hybridized carbons (Fsp3) is 0.909. The number of rotatable bonds is 0. The van der Waals surface area contributed by atoms with Crippen LogP contribution in [-0.4, -0.2) is 35.0 Å². The fourth-order valence-electron chi connectivity index (χ4n) is 2.50. The fourth-order valence-corrected chi connectivity index (χ4v) is 2.50. The van der Waals surface area contributed by atoms with E-state index in [4.69, 9.17) is 0 Å². The van der Waals surface area contributed by atoms with Crippen molar-refractivity contribution >= 4 is 5.91 Å². The van der Waals surface area contributed by atoms with Crippen LogP contribution in [0.1, 0.15) is 40.0 Å². The summed E-state index contributed by atoms with van der Waals surface area (Å²) in [6.07, 6.45) is 3.09. The summed E-state index contributed by atoms with van der Waals surface area (Å²) in [5.41, 5.74) is -0.0246. The quantitative estimate of drug-likeness (QED) is 0.630. The Morgan fingerprint density at radius 3 is 2.57 bits per heavy atom. The van der Waals surface area contributed by atoms with E-state index in [2.05, 4.69) is 26.1 Å². The highest BCUT2D eigenvalue weighted by Crippen LogP contribution is 2.25. The highest BCUT2D eigenvalue weighted by atomic mass is 16.2. The summed E-state index contributed by atoms with van der Waals surface area (Å²) in [5.74, 6) is 0.317. The predicted octanol–water partition coefficient (Wildman–Crippen LogP) is 1.14. The van der Waals surface area contributed by atoms with Gasteiger partial charge in [0.2, 0.25) is 5.91 Å². The van der Waals surface area contributed by atoms with Crippen molar-refractivity contribution in [2.24, 2.45) is 0 Å². The zero-order chi connectivity index (χ0) is 10.3. The van der Waals surface area contributed by atoms with Crippen molar-refractivity contribution in [1.29, 1.82) is 0 Å². The molecule has 80 valence electrons. The number of hydrogen-bond donors (Lipinski definition) is 1. The largest absolute Gasteiger partial charge is 0.336 e. The summed E-state index contributed by atoms with van der Waals surface area (Å²) in [5, 5.41) is 3.52. The van der Waals surface area contributed by atoms with Crippen LogP contribution in [-0.2, 0) is 4.79 Å². The third-order valence-electron chi connectivity index (χ3n) is 3.27. The molecule has 3 nitrogen and oxygen atoms in total. The molecule has 0 aromatic heterocycles. The Morgan fingerprint density at radius 1 is 1.29 bits per heavy atom. The van der Waals surface area contributed by atoms with E-state index in [1.807, 2.05) is 4.90 Å². The summed E-state index contributed by atoms with van der Waals surface area (Å²) in [7, 11) is 0. The van der Waals surface area contributed by atoms with Gasteiger partial charge in [0.25, 0.3) is 0 Å². The second-order valence-corrected chi connectivity index (χ2v) is 5.52. The van der Waals surface area contributed by atoms with Gasteiger partial charge < -0.3 is 10.2 Å². The molecule has 0 unspecified atom stereocenters. The van der Waals surface area contributed by atoms with E-state index in [1.54, 1.807) is 0 Å². The number of nitrogens with zero attached hydrogens (tertiary/aromatic N) is 1. The average molecular weight is 196 g/mol. The molecule has 0 spiro atoms. The molecule has 2 atom stereocenters. The van der Waals surface area contributed by atoms with Crippen molar-refractivity contribution in [2.75, 3.05) is 6.54 Å². The number of amides is 1. The van der Waals surface area contributed by atoms with E-state index in [9.17, 15) is 4.79 Å². The Kier molecular flexibility index (Phi) is 2.30. The van der Waals surface area contributed by atoms with Crippen LogP contribution in [0.3, 0.4) is 0 Å². The summed E-state index contributed by atoms with van der Waals surface area (Å²) in [6, 6.07) is 0.977. The van der Waals surface area contributed by atoms with E-state index in [-0.39, 0.29) is 5.54 Å². The SMILES string of the molecule is CC(C)(C)N1C[C@H]2CC[C@@H](CC1=O)N2. The Bertz CT molecular complexity index is 244. The van der Waals surface area contributed by atoms with Crippen LogP contribution in [0.25, 0.3) is 0 Å². The summed E-state index contributed by atoms with van der Waals surface area (Å²) in [6.45, 7) is 7.23. The van der Waals surface area contributed by atoms with Crippen LogP contribution in [0, 0.1) is 0 Å². The van der Waals surface area contributed by atoms with Crippen LogP contribution in [0.4, 0.5) is 0 Å². The Morgan fingerprint density at radius 2 is 1.93 bits per heavy atom. The molecule has 14 heavy (non-hydrogen) atoms. The van der Waals surface area contributed by atoms with Crippen LogP contribution in [0.2, 0.25) is 0 Å². The molecule has 1 amide bonds. The maximum absolute atomic E-state index is 11.9. The zero-order valence-electron chi connectivity index (χ0n) is 9.34. The van der Waals surface area contributed by atoms with E-state index >= 15 is 0 Å². The first-order chi connectivity index (χ1) is 6.47. The zero-order valence-corrected chi connectivity index (χ0v) is 9.34. The summed E-state index contributed by atoms with van der Waals surface area (Å²) >= 11 is 0. The molecule has 2 heterocycles. The predicted molar refractivity (Wildman–Crippen MR) is 56.0 cm³/mol. The van der Waals surface area contributed by atoms with Crippen molar-refractivity contribution in [3.63, 3.8) is 0 Å². The minimum absolute atomic E-state index is 0.0246. The molecule has 0 aromatic rings. The maximum Gasteiger partial charge on any atom is 0.224 e. The molecule has 0 saturated carbocycles. The van der Waals surface area contributed by atoms with Gasteiger partial charge in [-0.15, -0.1) is 0 Å². The molecule has 0 radical (unpaired) electrons. The normalized spacial score (nSPS) is 33.4. The molecular weight excluding hydrogens is 176 g/mol. The third-order valence-corrected chi connectivity index (χ3v) is 3.27. The minimum atomic E-state index is -0.0246. The van der Waals surface area contributed by atoms with Gasteiger partial charge in [-0.05, 0) is 33.6 Å². The van der Waals surface area contributed by atoms with Gasteiger partial charge in [-0.2, -0.15) is 0 Å². The monoisotopic (exact) mass is 196 g/mol. The Hall–Kier alpha value is -0.570. The van der Waals surface area contributed by atoms with Gasteiger partial charge in [0, 0.05) is 30.6 Å². The van der Waals surface area contributed by atoms with Crippen molar-refractivity contribution < 1.29 is 4.79 Å². The lowest BCUT2D eigenvalue weighted by atomic mass is 10.0. The lowest BCUT2D eigenvalue weighted by molar-refractivity contribution is -0.136. The number of hydrogen-bond acceptors (Lipinski definition) is 2. The molecule has 2 fully saturated rings. The molecule has 2 saturated heterocycles. The van der Waals surface area contributed by atoms with Crippen LogP contribution in [0.15, 0.2) is 0 Å². The molecule has 2 bridgehead atoms. The topological polar surface area (TPSA) is 32.3 Å². The number of fused-ring (bicyclic) bond motifs is 2. The number of nitrogens with one attached hydrogen (secondary N) is 1. The van der Waals surface area contributed by atoms with Gasteiger partial charge in [0.05, 0.1) is 0 Å². The van der Waals surface area contributed by atoms with Crippen molar-refractivity contribution in [3.8, 4) is 0 Å². The van der Waals surface area contributed by atoms with Gasteiger partial charge in [0.1, 0.15) is 0 Å². The smallest absolute Gasteiger partial charge is 0.224 e. The molecule has 3 heteroatoms. The van der Waals surface area contributed by atoms with Crippen molar-refractivity contribution in [3.05, 3.63) is 0 Å². The summed E-state index contributed by atoms with van der Waals surface area (Å²) < 4.78 is 0. The second-order valence-electron chi connectivity index (χ2n) is 5.52. The Balaban J connectivity index is 2.15. The Labute approximate surface area is 85.8 Å². The molecule has 1 N–H and O–H groups in total. The minimum Gasteiger partial charge on any atom is -0.336 e. The van der Waals surface area contributed by atoms with Crippen molar-refractivity contribution in [1.82, 2.24) is 10.2 Å². The van der Waals surface area contributed by atoms with Crippen LogP contribution < -0.4 is 5.32 Å². The third kappa shape index (κ3) is 1.78. The molecule has 0 aromatic carbocycles. The molecule has 2 rings (SSSR count). The van der Waals surface area contributed by atoms with E-state index in [0.29, 0.717) is 24.4 Å². The highest BCUT2D eigenvalue weighted by Gasteiger charge is 2.37. The first-order valence-electron chi connectivity index (χ1n) is 5.53. The van der Waals surface area contributed by atoms with Crippen molar-refractivity contribution in [2.45, 2.75) is 57.7 Å². The van der Waals surface area contributed by atoms with Crippen LogP contribution in [0.5, 0.6) is 0 Å². The van der Waals surface area contributed by atoms with Gasteiger partial charge in [0.15, 0.2) is 0 Å². The van der Waals surface area contributed by atoms with Gasteiger partial charge in [-0.1, -0.05) is 0 Å². The molecular formula is C11H20N2O. The number of carbonyl (C=O) groups excluding carboxylic acids is 1. The summed E-state index contributed by atoms with van der Waals surface area (Å²) in [4.78, 5) is 14.0. The van der Waals surface area contributed by atoms with Crippen LogP contribution >= 0.6 is 0 Å². The first-order valence-corrected chi connectivity index (χ1v) is 5.53. The average Bonchev–Trinajstić information content (AvgIpc) is 2.36. The van der Waals surface area contributed by atoms with E-state index < -0.39 is 0 Å². The second kappa shape index (κ2) is 3.23. The molecule has 2 aliphatic rings. The number of carbonyl (C=O) groups is 1. The van der Waals surface area contributed by atoms with Gasteiger partial charge in [-0.25, -0.2) is 0 Å². The molecule has 0 aliphatic carbocycles. The lowest BCUT2D eigenvalue weighted by Crippen LogP contribution is -2.48. The number of likely N-dealkylation sites (tertiary alicyclic amines) is 1. The maximum atomic E-state index is 11.9. The van der Waals surface area contributed by atoms with E-state index in [0.717, 1.165) is 6.54 Å². The molecule has 2 aliphatic heterocycles. The van der Waals surface area contributed by atoms with E-state index in [1.165, 1.54) is 12.8 Å².